The number of nitrogens with zero attached hydrogens (tertiary/aromatic N) is 6. The molecule has 0 N–H and O–H groups in total. The molecule has 0 spiro atoms. The molecule has 7 heteroatoms. The summed E-state index contributed by atoms with van der Waals surface area (Å²) in [6.07, 6.45) is 6.58. The molecule has 130 valence electrons. The van der Waals surface area contributed by atoms with E-state index in [1.165, 1.54) is 5.56 Å². The number of aryl methyl sites for hydroxylation is 1. The fraction of sp³-hybridized carbons (Fsp3) is 0.588. The first-order valence-corrected chi connectivity index (χ1v) is 8.36. The van der Waals surface area contributed by atoms with Gasteiger partial charge >= 0.3 is 0 Å². The number of anilines is 1. The highest BCUT2D eigenvalue weighted by Gasteiger charge is 2.20. The molecule has 0 bridgehead atoms. The van der Waals surface area contributed by atoms with Crippen LogP contribution in [0.2, 0.25) is 0 Å². The minimum absolute atomic E-state index is 0.439. The van der Waals surface area contributed by atoms with E-state index in [0.29, 0.717) is 5.92 Å². The minimum atomic E-state index is 0.439. The molecular weight excluding hydrogens is 304 g/mol. The van der Waals surface area contributed by atoms with Gasteiger partial charge in [-0.15, -0.1) is 0 Å². The third-order valence-corrected chi connectivity index (χ3v) is 4.25. The number of hydrogen-bond donors (Lipinski definition) is 0. The smallest absolute Gasteiger partial charge is 0.131 e. The van der Waals surface area contributed by atoms with E-state index < -0.39 is 0 Å². The largest absolute Gasteiger partial charge is 0.380 e. The van der Waals surface area contributed by atoms with Crippen molar-refractivity contribution in [3.8, 4) is 0 Å². The van der Waals surface area contributed by atoms with Crippen molar-refractivity contribution in [3.63, 3.8) is 0 Å². The molecule has 0 unspecified atom stereocenters. The van der Waals surface area contributed by atoms with Crippen molar-refractivity contribution in [1.29, 1.82) is 0 Å². The SMILES string of the molecule is CN(C)c1cc(C[C@H]2COCCN(Cc3cnn(C)c3)C2)ncn1. The highest BCUT2D eigenvalue weighted by atomic mass is 16.5. The van der Waals surface area contributed by atoms with Gasteiger partial charge < -0.3 is 9.64 Å². The molecule has 2 aromatic heterocycles. The van der Waals surface area contributed by atoms with E-state index in [4.69, 9.17) is 4.74 Å². The fourth-order valence-corrected chi connectivity index (χ4v) is 3.07. The molecule has 0 aromatic carbocycles. The lowest BCUT2D eigenvalue weighted by atomic mass is 10.0. The van der Waals surface area contributed by atoms with Gasteiger partial charge in [-0.3, -0.25) is 9.58 Å². The van der Waals surface area contributed by atoms with E-state index in [1.807, 2.05) is 36.9 Å². The summed E-state index contributed by atoms with van der Waals surface area (Å²) in [5, 5.41) is 4.26. The first kappa shape index (κ1) is 16.9. The van der Waals surface area contributed by atoms with E-state index in [0.717, 1.165) is 50.8 Å². The molecule has 0 amide bonds. The molecule has 2 aromatic rings. The summed E-state index contributed by atoms with van der Waals surface area (Å²) in [5.41, 5.74) is 2.32. The van der Waals surface area contributed by atoms with Crippen LogP contribution in [-0.2, 0) is 24.8 Å². The van der Waals surface area contributed by atoms with Gasteiger partial charge in [0.15, 0.2) is 0 Å². The lowest BCUT2D eigenvalue weighted by Crippen LogP contribution is -2.30. The Labute approximate surface area is 143 Å². The standard InChI is InChI=1S/C17H26N6O/c1-21(2)17-7-16(18-13-19-17)6-14-10-23(4-5-24-12-14)11-15-8-20-22(3)9-15/h7-9,13-14H,4-6,10-12H2,1-3H3/t14-/m1/s1. The minimum Gasteiger partial charge on any atom is -0.380 e. The second-order valence-corrected chi connectivity index (χ2v) is 6.66. The average Bonchev–Trinajstić information content (AvgIpc) is 2.83. The average molecular weight is 330 g/mol. The fourth-order valence-electron chi connectivity index (χ4n) is 3.07. The number of aromatic nitrogens is 4. The first-order chi connectivity index (χ1) is 11.6. The predicted octanol–water partition coefficient (Wildman–Crippen LogP) is 0.967. The Hall–Kier alpha value is -1.99. The summed E-state index contributed by atoms with van der Waals surface area (Å²) >= 11 is 0. The van der Waals surface area contributed by atoms with Crippen LogP contribution >= 0.6 is 0 Å². The van der Waals surface area contributed by atoms with Crippen molar-refractivity contribution in [2.75, 3.05) is 45.3 Å². The van der Waals surface area contributed by atoms with Crippen LogP contribution in [-0.4, -0.2) is 65.0 Å². The molecule has 1 aliphatic heterocycles. The van der Waals surface area contributed by atoms with E-state index in [2.05, 4.69) is 32.2 Å². The Kier molecular flexibility index (Phi) is 5.42. The maximum atomic E-state index is 5.81. The summed E-state index contributed by atoms with van der Waals surface area (Å²) < 4.78 is 7.67. The zero-order valence-electron chi connectivity index (χ0n) is 14.7. The van der Waals surface area contributed by atoms with Gasteiger partial charge in [0.25, 0.3) is 0 Å². The molecule has 3 heterocycles. The van der Waals surface area contributed by atoms with E-state index in [-0.39, 0.29) is 0 Å². The van der Waals surface area contributed by atoms with Gasteiger partial charge in [0, 0.05) is 70.2 Å². The summed E-state index contributed by atoms with van der Waals surface area (Å²) in [5.74, 6) is 1.39. The van der Waals surface area contributed by atoms with Crippen LogP contribution < -0.4 is 4.90 Å². The van der Waals surface area contributed by atoms with Crippen molar-refractivity contribution < 1.29 is 4.74 Å². The molecule has 3 rings (SSSR count). The van der Waals surface area contributed by atoms with Crippen molar-refractivity contribution in [2.24, 2.45) is 13.0 Å². The van der Waals surface area contributed by atoms with Gasteiger partial charge in [0.1, 0.15) is 12.1 Å². The Morgan fingerprint density at radius 3 is 2.96 bits per heavy atom. The summed E-state index contributed by atoms with van der Waals surface area (Å²) in [6, 6.07) is 2.07. The topological polar surface area (TPSA) is 59.3 Å². The third-order valence-electron chi connectivity index (χ3n) is 4.25. The highest BCUT2D eigenvalue weighted by Crippen LogP contribution is 2.16. The first-order valence-electron chi connectivity index (χ1n) is 8.36. The summed E-state index contributed by atoms with van der Waals surface area (Å²) in [7, 11) is 5.95. The third kappa shape index (κ3) is 4.52. The monoisotopic (exact) mass is 330 g/mol. The number of ether oxygens (including phenoxy) is 1. The molecule has 0 radical (unpaired) electrons. The quantitative estimate of drug-likeness (QED) is 0.814. The van der Waals surface area contributed by atoms with Crippen LogP contribution in [0.3, 0.4) is 0 Å². The number of rotatable bonds is 5. The molecule has 24 heavy (non-hydrogen) atoms. The lowest BCUT2D eigenvalue weighted by Gasteiger charge is -2.22. The van der Waals surface area contributed by atoms with Gasteiger partial charge in [0.05, 0.1) is 19.4 Å². The van der Waals surface area contributed by atoms with Crippen LogP contribution in [0, 0.1) is 5.92 Å². The molecule has 0 aliphatic carbocycles. The van der Waals surface area contributed by atoms with Crippen LogP contribution in [0.5, 0.6) is 0 Å². The van der Waals surface area contributed by atoms with Crippen LogP contribution in [0.1, 0.15) is 11.3 Å². The molecular formula is C17H26N6O. The van der Waals surface area contributed by atoms with Crippen LogP contribution in [0.4, 0.5) is 5.82 Å². The van der Waals surface area contributed by atoms with Crippen LogP contribution in [0.15, 0.2) is 24.8 Å². The van der Waals surface area contributed by atoms with Gasteiger partial charge in [-0.1, -0.05) is 0 Å². The van der Waals surface area contributed by atoms with Crippen molar-refractivity contribution in [3.05, 3.63) is 36.0 Å². The van der Waals surface area contributed by atoms with E-state index in [9.17, 15) is 0 Å². The molecule has 1 fully saturated rings. The Morgan fingerprint density at radius 1 is 1.33 bits per heavy atom. The van der Waals surface area contributed by atoms with Crippen molar-refractivity contribution in [1.82, 2.24) is 24.6 Å². The maximum absolute atomic E-state index is 5.81. The zero-order chi connectivity index (χ0) is 16.9. The van der Waals surface area contributed by atoms with Gasteiger partial charge in [-0.2, -0.15) is 5.10 Å². The molecule has 7 nitrogen and oxygen atoms in total. The molecule has 1 saturated heterocycles. The Balaban J connectivity index is 1.63. The van der Waals surface area contributed by atoms with Crippen molar-refractivity contribution >= 4 is 5.82 Å². The Morgan fingerprint density at radius 2 is 2.21 bits per heavy atom. The second kappa shape index (κ2) is 7.72. The Bertz CT molecular complexity index is 656. The van der Waals surface area contributed by atoms with Crippen molar-refractivity contribution in [2.45, 2.75) is 13.0 Å². The maximum Gasteiger partial charge on any atom is 0.131 e. The van der Waals surface area contributed by atoms with E-state index >= 15 is 0 Å². The summed E-state index contributed by atoms with van der Waals surface area (Å²) in [4.78, 5) is 13.2. The second-order valence-electron chi connectivity index (χ2n) is 6.66. The van der Waals surface area contributed by atoms with Gasteiger partial charge in [0.2, 0.25) is 0 Å². The van der Waals surface area contributed by atoms with Gasteiger partial charge in [-0.05, 0) is 6.42 Å². The van der Waals surface area contributed by atoms with Crippen LogP contribution in [0.25, 0.3) is 0 Å². The number of hydrogen-bond acceptors (Lipinski definition) is 6. The molecule has 1 atom stereocenters. The normalized spacial score (nSPS) is 19.2. The molecule has 1 aliphatic rings. The zero-order valence-corrected chi connectivity index (χ0v) is 14.7. The summed E-state index contributed by atoms with van der Waals surface area (Å²) in [6.45, 7) is 4.45. The predicted molar refractivity (Wildman–Crippen MR) is 92.9 cm³/mol. The molecule has 0 saturated carbocycles. The highest BCUT2D eigenvalue weighted by molar-refractivity contribution is 5.36. The van der Waals surface area contributed by atoms with E-state index in [1.54, 1.807) is 6.33 Å². The lowest BCUT2D eigenvalue weighted by molar-refractivity contribution is 0.121. The van der Waals surface area contributed by atoms with Gasteiger partial charge in [-0.25, -0.2) is 9.97 Å².